The van der Waals surface area contributed by atoms with E-state index in [1.165, 1.54) is 12.8 Å². The van der Waals surface area contributed by atoms with Crippen LogP contribution in [-0.2, 0) is 11.3 Å². The monoisotopic (exact) mass is 338 g/mol. The fourth-order valence-electron chi connectivity index (χ4n) is 4.45. The molecule has 2 aliphatic heterocycles. The zero-order valence-corrected chi connectivity index (χ0v) is 14.8. The van der Waals surface area contributed by atoms with Gasteiger partial charge >= 0.3 is 0 Å². The summed E-state index contributed by atoms with van der Waals surface area (Å²) in [6, 6.07) is 13.2. The molecule has 1 aromatic heterocycles. The van der Waals surface area contributed by atoms with Gasteiger partial charge in [-0.3, -0.25) is 9.69 Å². The number of aromatic nitrogens is 2. The first-order valence-corrected chi connectivity index (χ1v) is 9.33. The van der Waals surface area contributed by atoms with Gasteiger partial charge in [0, 0.05) is 38.3 Å². The maximum Gasteiger partial charge on any atom is 0.219 e. The molecule has 0 aliphatic carbocycles. The summed E-state index contributed by atoms with van der Waals surface area (Å²) in [5, 5.41) is 4.75. The van der Waals surface area contributed by atoms with E-state index in [9.17, 15) is 4.79 Å². The van der Waals surface area contributed by atoms with E-state index in [2.05, 4.69) is 28.0 Å². The predicted octanol–water partition coefficient (Wildman–Crippen LogP) is 2.85. The topological polar surface area (TPSA) is 41.4 Å². The summed E-state index contributed by atoms with van der Waals surface area (Å²) in [6.07, 6.45) is 6.71. The SMILES string of the molecule is CC(=O)N1CCCC1C1CCCN1Cc1ccn(-c2ccccc2)n1. The third-order valence-corrected chi connectivity index (χ3v) is 5.59. The van der Waals surface area contributed by atoms with Gasteiger partial charge in [0.15, 0.2) is 0 Å². The van der Waals surface area contributed by atoms with Crippen molar-refractivity contribution in [2.24, 2.45) is 0 Å². The minimum absolute atomic E-state index is 0.225. The van der Waals surface area contributed by atoms with Crippen LogP contribution < -0.4 is 0 Å². The van der Waals surface area contributed by atoms with Crippen LogP contribution in [0.2, 0.25) is 0 Å². The van der Waals surface area contributed by atoms with Gasteiger partial charge in [-0.15, -0.1) is 0 Å². The highest BCUT2D eigenvalue weighted by Gasteiger charge is 2.38. The Morgan fingerprint density at radius 3 is 2.64 bits per heavy atom. The average Bonchev–Trinajstić information content (AvgIpc) is 3.36. The van der Waals surface area contributed by atoms with Crippen molar-refractivity contribution in [2.45, 2.75) is 51.2 Å². The second-order valence-corrected chi connectivity index (χ2v) is 7.19. The van der Waals surface area contributed by atoms with Crippen molar-refractivity contribution in [3.63, 3.8) is 0 Å². The van der Waals surface area contributed by atoms with Crippen LogP contribution >= 0.6 is 0 Å². The molecule has 0 radical (unpaired) electrons. The summed E-state index contributed by atoms with van der Waals surface area (Å²) in [5.41, 5.74) is 2.19. The molecule has 5 heteroatoms. The number of likely N-dealkylation sites (tertiary alicyclic amines) is 2. The van der Waals surface area contributed by atoms with Gasteiger partial charge in [-0.2, -0.15) is 5.10 Å². The Morgan fingerprint density at radius 1 is 1.08 bits per heavy atom. The van der Waals surface area contributed by atoms with Crippen molar-refractivity contribution in [1.82, 2.24) is 19.6 Å². The molecular formula is C20H26N4O. The lowest BCUT2D eigenvalue weighted by molar-refractivity contribution is -0.130. The van der Waals surface area contributed by atoms with E-state index in [1.54, 1.807) is 6.92 Å². The van der Waals surface area contributed by atoms with Crippen LogP contribution in [-0.4, -0.2) is 50.7 Å². The Kier molecular flexibility index (Phi) is 4.57. The smallest absolute Gasteiger partial charge is 0.219 e. The molecule has 2 saturated heterocycles. The molecule has 2 aromatic rings. The van der Waals surface area contributed by atoms with Crippen molar-refractivity contribution >= 4 is 5.91 Å². The molecule has 2 fully saturated rings. The van der Waals surface area contributed by atoms with Crippen molar-refractivity contribution < 1.29 is 4.79 Å². The lowest BCUT2D eigenvalue weighted by atomic mass is 10.0. The first kappa shape index (κ1) is 16.3. The zero-order valence-electron chi connectivity index (χ0n) is 14.8. The molecule has 0 saturated carbocycles. The van der Waals surface area contributed by atoms with Gasteiger partial charge in [0.05, 0.1) is 11.4 Å². The highest BCUT2D eigenvalue weighted by atomic mass is 16.2. The van der Waals surface area contributed by atoms with E-state index in [0.29, 0.717) is 12.1 Å². The van der Waals surface area contributed by atoms with Crippen LogP contribution in [0.5, 0.6) is 0 Å². The third kappa shape index (κ3) is 3.33. The Balaban J connectivity index is 1.47. The number of carbonyl (C=O) groups excluding carboxylic acids is 1. The van der Waals surface area contributed by atoms with E-state index in [0.717, 1.165) is 43.9 Å². The van der Waals surface area contributed by atoms with Gasteiger partial charge in [0.1, 0.15) is 0 Å². The summed E-state index contributed by atoms with van der Waals surface area (Å²) in [4.78, 5) is 16.6. The highest BCUT2D eigenvalue weighted by Crippen LogP contribution is 2.31. The normalized spacial score (nSPS) is 24.1. The Morgan fingerprint density at radius 2 is 1.84 bits per heavy atom. The lowest BCUT2D eigenvalue weighted by Gasteiger charge is -2.34. The molecular weight excluding hydrogens is 312 g/mol. The van der Waals surface area contributed by atoms with Crippen molar-refractivity contribution in [2.75, 3.05) is 13.1 Å². The fourth-order valence-corrected chi connectivity index (χ4v) is 4.45. The molecule has 3 heterocycles. The maximum atomic E-state index is 11.9. The number of nitrogens with zero attached hydrogens (tertiary/aromatic N) is 4. The third-order valence-electron chi connectivity index (χ3n) is 5.59. The van der Waals surface area contributed by atoms with Gasteiger partial charge < -0.3 is 4.90 Å². The molecule has 1 amide bonds. The van der Waals surface area contributed by atoms with Crippen LogP contribution in [0, 0.1) is 0 Å². The quantitative estimate of drug-likeness (QED) is 0.861. The number of amides is 1. The number of rotatable bonds is 4. The first-order valence-electron chi connectivity index (χ1n) is 9.33. The zero-order chi connectivity index (χ0) is 17.2. The molecule has 2 aliphatic rings. The van der Waals surface area contributed by atoms with E-state index in [1.807, 2.05) is 29.1 Å². The Hall–Kier alpha value is -2.14. The average molecular weight is 338 g/mol. The van der Waals surface area contributed by atoms with Gasteiger partial charge in [-0.05, 0) is 50.4 Å². The van der Waals surface area contributed by atoms with Gasteiger partial charge in [0.25, 0.3) is 0 Å². The second kappa shape index (κ2) is 7.00. The minimum Gasteiger partial charge on any atom is -0.338 e. The number of hydrogen-bond acceptors (Lipinski definition) is 3. The minimum atomic E-state index is 0.225. The largest absolute Gasteiger partial charge is 0.338 e. The first-order chi connectivity index (χ1) is 12.2. The van der Waals surface area contributed by atoms with Gasteiger partial charge in [-0.25, -0.2) is 4.68 Å². The van der Waals surface area contributed by atoms with Gasteiger partial charge in [-0.1, -0.05) is 18.2 Å². The number of para-hydroxylation sites is 1. The predicted molar refractivity (Wildman–Crippen MR) is 97.4 cm³/mol. The number of carbonyl (C=O) groups is 1. The van der Waals surface area contributed by atoms with E-state index in [4.69, 9.17) is 5.10 Å². The standard InChI is InChI=1S/C20H26N4O/c1-16(25)23-13-6-10-20(23)19-9-5-12-22(19)15-17-11-14-24(21-17)18-7-3-2-4-8-18/h2-4,7-8,11,14,19-20H,5-6,9-10,12-13,15H2,1H3. The molecule has 2 atom stereocenters. The molecule has 1 aromatic carbocycles. The van der Waals surface area contributed by atoms with Crippen LogP contribution in [0.3, 0.4) is 0 Å². The maximum absolute atomic E-state index is 11.9. The van der Waals surface area contributed by atoms with Crippen LogP contribution in [0.25, 0.3) is 5.69 Å². The molecule has 132 valence electrons. The van der Waals surface area contributed by atoms with Gasteiger partial charge in [0.2, 0.25) is 5.91 Å². The van der Waals surface area contributed by atoms with E-state index in [-0.39, 0.29) is 5.91 Å². The molecule has 4 rings (SSSR count). The van der Waals surface area contributed by atoms with Crippen molar-refractivity contribution in [3.8, 4) is 5.69 Å². The van der Waals surface area contributed by atoms with E-state index >= 15 is 0 Å². The Bertz CT molecular complexity index is 726. The molecule has 25 heavy (non-hydrogen) atoms. The fraction of sp³-hybridized carbons (Fsp3) is 0.500. The molecule has 0 spiro atoms. The van der Waals surface area contributed by atoms with E-state index < -0.39 is 0 Å². The summed E-state index contributed by atoms with van der Waals surface area (Å²) < 4.78 is 1.94. The molecule has 0 N–H and O–H groups in total. The van der Waals surface area contributed by atoms with Crippen LogP contribution in [0.1, 0.15) is 38.3 Å². The highest BCUT2D eigenvalue weighted by molar-refractivity contribution is 5.74. The Labute approximate surface area is 149 Å². The van der Waals surface area contributed by atoms with Crippen LogP contribution in [0.15, 0.2) is 42.6 Å². The summed E-state index contributed by atoms with van der Waals surface area (Å²) in [6.45, 7) is 4.60. The molecule has 5 nitrogen and oxygen atoms in total. The second-order valence-electron chi connectivity index (χ2n) is 7.19. The van der Waals surface area contributed by atoms with Crippen molar-refractivity contribution in [1.29, 1.82) is 0 Å². The lowest BCUT2D eigenvalue weighted by Crippen LogP contribution is -2.47. The summed E-state index contributed by atoms with van der Waals surface area (Å²) in [7, 11) is 0. The molecule has 2 unspecified atom stereocenters. The van der Waals surface area contributed by atoms with Crippen LogP contribution in [0.4, 0.5) is 0 Å². The summed E-state index contributed by atoms with van der Waals surface area (Å²) >= 11 is 0. The molecule has 0 bridgehead atoms. The number of hydrogen-bond donors (Lipinski definition) is 0. The van der Waals surface area contributed by atoms with Crippen molar-refractivity contribution in [3.05, 3.63) is 48.3 Å². The summed E-state index contributed by atoms with van der Waals surface area (Å²) in [5.74, 6) is 0.225. The number of benzene rings is 1.